The number of carbonyl (C=O) groups is 2. The third-order valence-corrected chi connectivity index (χ3v) is 6.37. The number of H-pyrrole nitrogens is 1. The first-order valence-electron chi connectivity index (χ1n) is 11.9. The van der Waals surface area contributed by atoms with E-state index in [2.05, 4.69) is 43.7 Å². The molecule has 33 heavy (non-hydrogen) atoms. The molecule has 1 aliphatic rings. The summed E-state index contributed by atoms with van der Waals surface area (Å²) in [4.78, 5) is 35.0. The average molecular weight is 448 g/mol. The molecule has 1 aromatic carbocycles. The number of nitrogens with zero attached hydrogens (tertiary/aromatic N) is 2. The van der Waals surface area contributed by atoms with Crippen LogP contribution in [-0.2, 0) is 22.6 Å². The Morgan fingerprint density at radius 1 is 1.15 bits per heavy atom. The molecule has 0 bridgehead atoms. The first-order valence-corrected chi connectivity index (χ1v) is 11.9. The standard InChI is InChI=1S/C26H33N5O2/c32-25-11-16-31(19-20-5-3-12-27-17-20)15-4-6-21(9-13-28-25)26(33)29-14-10-22-18-30-24-8-2-1-7-23(22)24/h1-3,5,7-8,12,17-18,21,30H,4,6,9-11,13-16,19H2,(H,28,32)(H,29,33). The molecule has 7 heteroatoms. The smallest absolute Gasteiger partial charge is 0.223 e. The zero-order chi connectivity index (χ0) is 22.9. The van der Waals surface area contributed by atoms with Gasteiger partial charge in [0.2, 0.25) is 11.8 Å². The summed E-state index contributed by atoms with van der Waals surface area (Å²) in [7, 11) is 0. The van der Waals surface area contributed by atoms with Crippen molar-refractivity contribution in [1.82, 2.24) is 25.5 Å². The van der Waals surface area contributed by atoms with Gasteiger partial charge in [-0.15, -0.1) is 0 Å². The molecule has 3 aromatic rings. The highest BCUT2D eigenvalue weighted by atomic mass is 16.2. The lowest BCUT2D eigenvalue weighted by molar-refractivity contribution is -0.126. The van der Waals surface area contributed by atoms with Crippen molar-refractivity contribution < 1.29 is 9.59 Å². The molecule has 1 saturated heterocycles. The van der Waals surface area contributed by atoms with Gasteiger partial charge >= 0.3 is 0 Å². The van der Waals surface area contributed by atoms with E-state index in [9.17, 15) is 9.59 Å². The van der Waals surface area contributed by atoms with Crippen molar-refractivity contribution in [1.29, 1.82) is 0 Å². The first kappa shape index (κ1) is 23.0. The Hall–Kier alpha value is -3.19. The number of hydrogen-bond donors (Lipinski definition) is 3. The molecule has 0 spiro atoms. The van der Waals surface area contributed by atoms with Crippen LogP contribution in [0.5, 0.6) is 0 Å². The van der Waals surface area contributed by atoms with Gasteiger partial charge in [0.1, 0.15) is 0 Å². The van der Waals surface area contributed by atoms with Gasteiger partial charge in [-0.3, -0.25) is 19.5 Å². The van der Waals surface area contributed by atoms with Crippen molar-refractivity contribution >= 4 is 22.7 Å². The molecule has 2 amide bonds. The maximum atomic E-state index is 12.9. The van der Waals surface area contributed by atoms with Crippen LogP contribution in [0.2, 0.25) is 0 Å². The van der Waals surface area contributed by atoms with Gasteiger partial charge in [0.25, 0.3) is 0 Å². The van der Waals surface area contributed by atoms with Crippen molar-refractivity contribution in [2.24, 2.45) is 5.92 Å². The van der Waals surface area contributed by atoms with Crippen molar-refractivity contribution in [2.75, 3.05) is 26.2 Å². The van der Waals surface area contributed by atoms with Crippen molar-refractivity contribution in [3.8, 4) is 0 Å². The van der Waals surface area contributed by atoms with Crippen LogP contribution in [0.4, 0.5) is 0 Å². The number of fused-ring (bicyclic) bond motifs is 1. The summed E-state index contributed by atoms with van der Waals surface area (Å²) < 4.78 is 0. The van der Waals surface area contributed by atoms with Gasteiger partial charge in [0, 0.05) is 68.0 Å². The van der Waals surface area contributed by atoms with E-state index in [0.717, 1.165) is 43.4 Å². The summed E-state index contributed by atoms with van der Waals surface area (Å²) in [5, 5.41) is 7.32. The van der Waals surface area contributed by atoms with Crippen LogP contribution in [0.3, 0.4) is 0 Å². The van der Waals surface area contributed by atoms with Crippen LogP contribution in [-0.4, -0.2) is 52.9 Å². The van der Waals surface area contributed by atoms with E-state index in [1.54, 1.807) is 6.20 Å². The Morgan fingerprint density at radius 2 is 2.06 bits per heavy atom. The predicted octanol–water partition coefficient (Wildman–Crippen LogP) is 3.03. The Bertz CT molecular complexity index is 1050. The Kier molecular flexibility index (Phi) is 8.09. The molecule has 0 radical (unpaired) electrons. The van der Waals surface area contributed by atoms with Gasteiger partial charge in [-0.25, -0.2) is 0 Å². The predicted molar refractivity (Wildman–Crippen MR) is 129 cm³/mol. The second-order valence-corrected chi connectivity index (χ2v) is 8.77. The van der Waals surface area contributed by atoms with Crippen LogP contribution >= 0.6 is 0 Å². The lowest BCUT2D eigenvalue weighted by Gasteiger charge is -2.22. The topological polar surface area (TPSA) is 90.1 Å². The number of carbonyl (C=O) groups excluding carboxylic acids is 2. The van der Waals surface area contributed by atoms with Crippen LogP contribution in [0.25, 0.3) is 10.9 Å². The zero-order valence-electron chi connectivity index (χ0n) is 19.1. The molecule has 1 atom stereocenters. The fourth-order valence-electron chi connectivity index (χ4n) is 4.52. The Balaban J connectivity index is 1.30. The highest BCUT2D eigenvalue weighted by Crippen LogP contribution is 2.18. The summed E-state index contributed by atoms with van der Waals surface area (Å²) in [6, 6.07) is 12.2. The highest BCUT2D eigenvalue weighted by Gasteiger charge is 2.20. The maximum absolute atomic E-state index is 12.9. The monoisotopic (exact) mass is 447 g/mol. The van der Waals surface area contributed by atoms with Crippen molar-refractivity contribution in [3.63, 3.8) is 0 Å². The van der Waals surface area contributed by atoms with Gasteiger partial charge in [-0.1, -0.05) is 24.3 Å². The lowest BCUT2D eigenvalue weighted by atomic mass is 9.98. The molecule has 1 unspecified atom stereocenters. The molecule has 1 aliphatic heterocycles. The Labute approximate surface area is 195 Å². The third kappa shape index (κ3) is 6.65. The minimum atomic E-state index is -0.0911. The molecule has 0 saturated carbocycles. The fraction of sp³-hybridized carbons (Fsp3) is 0.423. The molecule has 4 rings (SSSR count). The number of hydrogen-bond acceptors (Lipinski definition) is 4. The largest absolute Gasteiger partial charge is 0.361 e. The van der Waals surface area contributed by atoms with Crippen LogP contribution in [0.1, 0.15) is 36.8 Å². The summed E-state index contributed by atoms with van der Waals surface area (Å²) in [5.74, 6) is 0.0420. The molecule has 1 fully saturated rings. The molecule has 2 aromatic heterocycles. The molecule has 7 nitrogen and oxygen atoms in total. The first-order chi connectivity index (χ1) is 16.2. The maximum Gasteiger partial charge on any atom is 0.223 e. The number of aromatic nitrogens is 2. The SMILES string of the molecule is O=C1CCN(Cc2cccnc2)CCCC(C(=O)NCCc2c[nH]c3ccccc23)CCN1. The summed E-state index contributed by atoms with van der Waals surface area (Å²) in [6.45, 7) is 3.49. The number of benzene rings is 1. The minimum Gasteiger partial charge on any atom is -0.361 e. The van der Waals surface area contributed by atoms with Gasteiger partial charge in [-0.05, 0) is 55.5 Å². The third-order valence-electron chi connectivity index (χ3n) is 6.37. The normalized spacial score (nSPS) is 18.4. The molecule has 174 valence electrons. The number of aromatic amines is 1. The lowest BCUT2D eigenvalue weighted by Crippen LogP contribution is -2.35. The van der Waals surface area contributed by atoms with E-state index in [0.29, 0.717) is 32.5 Å². The molecule has 3 heterocycles. The fourth-order valence-corrected chi connectivity index (χ4v) is 4.52. The van der Waals surface area contributed by atoms with Gasteiger partial charge in [0.15, 0.2) is 0 Å². The average Bonchev–Trinajstić information content (AvgIpc) is 3.23. The van der Waals surface area contributed by atoms with Gasteiger partial charge in [-0.2, -0.15) is 0 Å². The van der Waals surface area contributed by atoms with E-state index in [1.807, 2.05) is 30.6 Å². The second kappa shape index (κ2) is 11.6. The van der Waals surface area contributed by atoms with Crippen molar-refractivity contribution in [3.05, 3.63) is 66.1 Å². The summed E-state index contributed by atoms with van der Waals surface area (Å²) >= 11 is 0. The molecule has 3 N–H and O–H groups in total. The summed E-state index contributed by atoms with van der Waals surface area (Å²) in [5.41, 5.74) is 3.47. The molecule has 0 aliphatic carbocycles. The molecular weight excluding hydrogens is 414 g/mol. The van der Waals surface area contributed by atoms with Crippen LogP contribution in [0.15, 0.2) is 55.0 Å². The van der Waals surface area contributed by atoms with Gasteiger partial charge in [0.05, 0.1) is 0 Å². The zero-order valence-corrected chi connectivity index (χ0v) is 19.1. The molecular formula is C26H33N5O2. The van der Waals surface area contributed by atoms with E-state index >= 15 is 0 Å². The minimum absolute atomic E-state index is 0.0478. The number of nitrogens with one attached hydrogen (secondary N) is 3. The number of rotatable bonds is 6. The summed E-state index contributed by atoms with van der Waals surface area (Å²) in [6.07, 6.45) is 9.34. The Morgan fingerprint density at radius 3 is 2.94 bits per heavy atom. The number of pyridine rings is 1. The van der Waals surface area contributed by atoms with E-state index < -0.39 is 0 Å². The van der Waals surface area contributed by atoms with Crippen LogP contribution in [0, 0.1) is 5.92 Å². The highest BCUT2D eigenvalue weighted by molar-refractivity contribution is 5.83. The second-order valence-electron chi connectivity index (χ2n) is 8.77. The van der Waals surface area contributed by atoms with Crippen LogP contribution < -0.4 is 10.6 Å². The van der Waals surface area contributed by atoms with Gasteiger partial charge < -0.3 is 15.6 Å². The van der Waals surface area contributed by atoms with E-state index in [-0.39, 0.29) is 17.7 Å². The number of para-hydroxylation sites is 1. The van der Waals surface area contributed by atoms with E-state index in [4.69, 9.17) is 0 Å². The quantitative estimate of drug-likeness (QED) is 0.542. The number of amides is 2. The van der Waals surface area contributed by atoms with Crippen molar-refractivity contribution in [2.45, 2.75) is 38.6 Å². The van der Waals surface area contributed by atoms with E-state index in [1.165, 1.54) is 10.9 Å².